The van der Waals surface area contributed by atoms with Crippen molar-refractivity contribution in [1.29, 1.82) is 0 Å². The van der Waals surface area contributed by atoms with Crippen LogP contribution in [0, 0.1) is 12.7 Å². The van der Waals surface area contributed by atoms with Gasteiger partial charge in [0.25, 0.3) is 5.56 Å². The van der Waals surface area contributed by atoms with E-state index < -0.39 is 17.0 Å². The topological polar surface area (TPSA) is 101 Å². The third-order valence-corrected chi connectivity index (χ3v) is 5.70. The van der Waals surface area contributed by atoms with Crippen molar-refractivity contribution >= 4 is 17.1 Å². The standard InChI is InChI=1S/C22H24ClFN6O2/c1-10(2)12-7-14(17-11(3)26-27-18(17)23)20(31)30-9-15(24)13(8-16(12)30)19-25-21(22(4,5)32)29(6)28-19/h7-10,32H,1-6H3,(H,26,27). The van der Waals surface area contributed by atoms with Crippen LogP contribution in [-0.2, 0) is 12.6 Å². The highest BCUT2D eigenvalue weighted by atomic mass is 35.5. The Kier molecular flexibility index (Phi) is 5.21. The van der Waals surface area contributed by atoms with Crippen LogP contribution in [0.5, 0.6) is 0 Å². The van der Waals surface area contributed by atoms with Crippen LogP contribution in [0.25, 0.3) is 28.0 Å². The van der Waals surface area contributed by atoms with Crippen molar-refractivity contribution in [2.75, 3.05) is 0 Å². The van der Waals surface area contributed by atoms with E-state index in [1.54, 1.807) is 40.0 Å². The van der Waals surface area contributed by atoms with Gasteiger partial charge in [-0.15, -0.1) is 0 Å². The van der Waals surface area contributed by atoms with Crippen LogP contribution >= 0.6 is 11.6 Å². The number of pyridine rings is 2. The summed E-state index contributed by atoms with van der Waals surface area (Å²) >= 11 is 6.25. The van der Waals surface area contributed by atoms with Crippen molar-refractivity contribution in [3.63, 3.8) is 0 Å². The van der Waals surface area contributed by atoms with E-state index in [-0.39, 0.29) is 22.5 Å². The minimum atomic E-state index is -1.25. The Morgan fingerprint density at radius 3 is 2.47 bits per heavy atom. The maximum atomic E-state index is 15.2. The zero-order chi connectivity index (χ0) is 23.5. The van der Waals surface area contributed by atoms with Gasteiger partial charge in [0.15, 0.2) is 17.5 Å². The molecule has 4 aromatic rings. The summed E-state index contributed by atoms with van der Waals surface area (Å²) in [6, 6.07) is 3.35. The molecular formula is C22H24ClFN6O2. The molecule has 0 aliphatic rings. The average molecular weight is 459 g/mol. The van der Waals surface area contributed by atoms with E-state index in [1.165, 1.54) is 9.08 Å². The molecule has 0 spiro atoms. The number of aryl methyl sites for hydroxylation is 2. The third kappa shape index (κ3) is 3.51. The predicted octanol–water partition coefficient (Wildman–Crippen LogP) is 3.94. The normalized spacial score (nSPS) is 12.3. The van der Waals surface area contributed by atoms with Gasteiger partial charge in [-0.05, 0) is 44.4 Å². The maximum absolute atomic E-state index is 15.2. The monoisotopic (exact) mass is 458 g/mol. The molecule has 4 rings (SSSR count). The lowest BCUT2D eigenvalue weighted by Crippen LogP contribution is -2.21. The van der Waals surface area contributed by atoms with Gasteiger partial charge in [-0.1, -0.05) is 25.4 Å². The molecule has 0 saturated carbocycles. The Bertz CT molecular complexity index is 1390. The minimum Gasteiger partial charge on any atom is -0.382 e. The molecule has 0 aromatic carbocycles. The highest BCUT2D eigenvalue weighted by molar-refractivity contribution is 6.32. The minimum absolute atomic E-state index is 0.0253. The van der Waals surface area contributed by atoms with E-state index in [4.69, 9.17) is 11.6 Å². The van der Waals surface area contributed by atoms with Gasteiger partial charge in [0.05, 0.1) is 22.3 Å². The first kappa shape index (κ1) is 22.2. The molecule has 0 saturated heterocycles. The number of H-pyrrole nitrogens is 1. The van der Waals surface area contributed by atoms with Crippen LogP contribution in [0.15, 0.2) is 23.1 Å². The third-order valence-electron chi connectivity index (χ3n) is 5.43. The van der Waals surface area contributed by atoms with Crippen LogP contribution < -0.4 is 5.56 Å². The van der Waals surface area contributed by atoms with E-state index in [1.807, 2.05) is 13.8 Å². The van der Waals surface area contributed by atoms with Gasteiger partial charge in [0.1, 0.15) is 10.8 Å². The van der Waals surface area contributed by atoms with Crippen molar-refractivity contribution in [3.8, 4) is 22.5 Å². The number of aliphatic hydroxyl groups is 1. The molecule has 0 unspecified atom stereocenters. The molecule has 4 aromatic heterocycles. The van der Waals surface area contributed by atoms with E-state index in [2.05, 4.69) is 20.3 Å². The van der Waals surface area contributed by atoms with Crippen LogP contribution in [0.4, 0.5) is 4.39 Å². The predicted molar refractivity (Wildman–Crippen MR) is 120 cm³/mol. The van der Waals surface area contributed by atoms with Gasteiger partial charge < -0.3 is 5.11 Å². The van der Waals surface area contributed by atoms with Crippen molar-refractivity contribution in [3.05, 3.63) is 56.7 Å². The van der Waals surface area contributed by atoms with Gasteiger partial charge in [-0.2, -0.15) is 10.2 Å². The van der Waals surface area contributed by atoms with Crippen molar-refractivity contribution in [2.45, 2.75) is 46.1 Å². The van der Waals surface area contributed by atoms with E-state index in [9.17, 15) is 9.90 Å². The summed E-state index contributed by atoms with van der Waals surface area (Å²) in [7, 11) is 1.63. The average Bonchev–Trinajstić information content (AvgIpc) is 3.24. The van der Waals surface area contributed by atoms with Crippen molar-refractivity contribution in [1.82, 2.24) is 29.4 Å². The quantitative estimate of drug-likeness (QED) is 0.482. The second kappa shape index (κ2) is 7.53. The van der Waals surface area contributed by atoms with Crippen molar-refractivity contribution in [2.24, 2.45) is 7.05 Å². The molecule has 2 N–H and O–H groups in total. The van der Waals surface area contributed by atoms with Crippen LogP contribution in [-0.4, -0.2) is 34.5 Å². The second-order valence-corrected chi connectivity index (χ2v) is 9.08. The number of nitrogens with zero attached hydrogens (tertiary/aromatic N) is 5. The van der Waals surface area contributed by atoms with Gasteiger partial charge >= 0.3 is 0 Å². The first-order valence-corrected chi connectivity index (χ1v) is 10.5. The number of nitrogens with one attached hydrogen (secondary N) is 1. The number of halogens is 2. The number of fused-ring (bicyclic) bond motifs is 1. The molecule has 8 nitrogen and oxygen atoms in total. The smallest absolute Gasteiger partial charge is 0.263 e. The highest BCUT2D eigenvalue weighted by Gasteiger charge is 2.26. The Balaban J connectivity index is 2.02. The molecule has 10 heteroatoms. The maximum Gasteiger partial charge on any atom is 0.263 e. The Morgan fingerprint density at radius 1 is 1.25 bits per heavy atom. The van der Waals surface area contributed by atoms with Crippen LogP contribution in [0.3, 0.4) is 0 Å². The highest BCUT2D eigenvalue weighted by Crippen LogP contribution is 2.32. The molecular weight excluding hydrogens is 435 g/mol. The van der Waals surface area contributed by atoms with E-state index in [0.29, 0.717) is 28.2 Å². The summed E-state index contributed by atoms with van der Waals surface area (Å²) in [6.07, 6.45) is 1.14. The summed E-state index contributed by atoms with van der Waals surface area (Å²) in [4.78, 5) is 17.7. The van der Waals surface area contributed by atoms with Crippen LogP contribution in [0.2, 0.25) is 5.15 Å². The van der Waals surface area contributed by atoms with Crippen LogP contribution in [0.1, 0.15) is 50.7 Å². The fourth-order valence-corrected chi connectivity index (χ4v) is 4.18. The number of hydrogen-bond donors (Lipinski definition) is 2. The van der Waals surface area contributed by atoms with Gasteiger partial charge in [0, 0.05) is 18.8 Å². The SMILES string of the molecule is Cc1n[nH]c(Cl)c1-c1cc(C(C)C)c2cc(-c3nc(C(C)(C)O)n(C)n3)c(F)cn2c1=O. The molecule has 168 valence electrons. The Morgan fingerprint density at radius 2 is 1.94 bits per heavy atom. The first-order chi connectivity index (χ1) is 14.9. The van der Waals surface area contributed by atoms with Gasteiger partial charge in [-0.3, -0.25) is 14.3 Å². The fraction of sp³-hybridized carbons (Fsp3) is 0.364. The molecule has 4 heterocycles. The fourth-order valence-electron chi connectivity index (χ4n) is 3.90. The molecule has 0 bridgehead atoms. The number of hydrogen-bond acceptors (Lipinski definition) is 5. The largest absolute Gasteiger partial charge is 0.382 e. The van der Waals surface area contributed by atoms with Gasteiger partial charge in [0.2, 0.25) is 0 Å². The summed E-state index contributed by atoms with van der Waals surface area (Å²) in [5, 5.41) is 21.6. The lowest BCUT2D eigenvalue weighted by Gasteiger charge is -2.15. The first-order valence-electron chi connectivity index (χ1n) is 10.1. The van der Waals surface area contributed by atoms with E-state index >= 15 is 4.39 Å². The molecule has 0 aliphatic heterocycles. The zero-order valence-corrected chi connectivity index (χ0v) is 19.4. The summed E-state index contributed by atoms with van der Waals surface area (Å²) in [6.45, 7) is 8.89. The molecule has 0 radical (unpaired) electrons. The number of aromatic amines is 1. The lowest BCUT2D eigenvalue weighted by molar-refractivity contribution is 0.0648. The molecule has 32 heavy (non-hydrogen) atoms. The lowest BCUT2D eigenvalue weighted by atomic mass is 9.97. The molecule has 0 atom stereocenters. The molecule has 0 aliphatic carbocycles. The molecule has 0 amide bonds. The summed E-state index contributed by atoms with van der Waals surface area (Å²) in [5.74, 6) is -0.204. The van der Waals surface area contributed by atoms with E-state index in [0.717, 1.165) is 11.8 Å². The number of aromatic nitrogens is 6. The Hall–Kier alpha value is -3.04. The second-order valence-electron chi connectivity index (χ2n) is 8.70. The Labute approximate surface area is 188 Å². The molecule has 0 fully saturated rings. The number of rotatable bonds is 4. The summed E-state index contributed by atoms with van der Waals surface area (Å²) < 4.78 is 17.9. The van der Waals surface area contributed by atoms with Crippen molar-refractivity contribution < 1.29 is 9.50 Å². The zero-order valence-electron chi connectivity index (χ0n) is 18.7. The van der Waals surface area contributed by atoms with Gasteiger partial charge in [-0.25, -0.2) is 14.1 Å². The summed E-state index contributed by atoms with van der Waals surface area (Å²) in [5.41, 5.74) is 1.28.